The summed E-state index contributed by atoms with van der Waals surface area (Å²) in [5.74, 6) is -1.59. The molecule has 0 bridgehead atoms. The van der Waals surface area contributed by atoms with Crippen molar-refractivity contribution in [3.8, 4) is 0 Å². The van der Waals surface area contributed by atoms with E-state index in [-0.39, 0.29) is 6.04 Å². The molecule has 0 amide bonds. The molecular formula is C10H12BrF2N. The van der Waals surface area contributed by atoms with Crippen molar-refractivity contribution < 1.29 is 8.78 Å². The van der Waals surface area contributed by atoms with Crippen molar-refractivity contribution >= 4 is 15.9 Å². The second kappa shape index (κ2) is 4.84. The van der Waals surface area contributed by atoms with E-state index in [0.29, 0.717) is 22.9 Å². The molecule has 0 saturated carbocycles. The summed E-state index contributed by atoms with van der Waals surface area (Å²) < 4.78 is 26.7. The predicted molar refractivity (Wildman–Crippen MR) is 56.0 cm³/mol. The molecule has 1 atom stereocenters. The summed E-state index contributed by atoms with van der Waals surface area (Å²) in [5.41, 5.74) is 5.91. The van der Waals surface area contributed by atoms with Crippen LogP contribution in [0.3, 0.4) is 0 Å². The van der Waals surface area contributed by atoms with Crippen molar-refractivity contribution in [1.29, 1.82) is 0 Å². The quantitative estimate of drug-likeness (QED) is 0.834. The van der Waals surface area contributed by atoms with E-state index in [1.165, 1.54) is 6.07 Å². The first-order valence-electron chi connectivity index (χ1n) is 4.40. The Morgan fingerprint density at radius 1 is 1.43 bits per heavy atom. The van der Waals surface area contributed by atoms with Crippen LogP contribution in [0.15, 0.2) is 16.6 Å². The van der Waals surface area contributed by atoms with Gasteiger partial charge in [-0.15, -0.1) is 0 Å². The smallest absolute Gasteiger partial charge is 0.163 e. The highest BCUT2D eigenvalue weighted by Crippen LogP contribution is 2.23. The van der Waals surface area contributed by atoms with E-state index in [2.05, 4.69) is 15.9 Å². The Morgan fingerprint density at radius 2 is 2.07 bits per heavy atom. The van der Waals surface area contributed by atoms with Gasteiger partial charge in [-0.2, -0.15) is 0 Å². The van der Waals surface area contributed by atoms with Gasteiger partial charge in [0, 0.05) is 16.1 Å². The van der Waals surface area contributed by atoms with Crippen molar-refractivity contribution in [2.24, 2.45) is 5.73 Å². The largest absolute Gasteiger partial charge is 0.328 e. The lowest BCUT2D eigenvalue weighted by molar-refractivity contribution is 0.493. The van der Waals surface area contributed by atoms with E-state index < -0.39 is 11.6 Å². The van der Waals surface area contributed by atoms with Crippen LogP contribution in [-0.4, -0.2) is 6.04 Å². The first kappa shape index (κ1) is 11.6. The summed E-state index contributed by atoms with van der Waals surface area (Å²) in [6.45, 7) is 1.84. The van der Waals surface area contributed by atoms with Crippen LogP contribution < -0.4 is 5.73 Å². The summed E-state index contributed by atoms with van der Waals surface area (Å²) in [6, 6.07) is 2.61. The minimum Gasteiger partial charge on any atom is -0.328 e. The molecule has 14 heavy (non-hydrogen) atoms. The fourth-order valence-electron chi connectivity index (χ4n) is 1.17. The zero-order valence-electron chi connectivity index (χ0n) is 7.86. The van der Waals surface area contributed by atoms with Gasteiger partial charge in [0.05, 0.1) is 0 Å². The second-order valence-corrected chi connectivity index (χ2v) is 4.19. The maximum absolute atomic E-state index is 13.3. The molecule has 78 valence electrons. The van der Waals surface area contributed by atoms with Gasteiger partial charge in [-0.3, -0.25) is 0 Å². The van der Waals surface area contributed by atoms with Gasteiger partial charge in [0.25, 0.3) is 0 Å². The van der Waals surface area contributed by atoms with E-state index in [1.807, 2.05) is 6.92 Å². The number of hydrogen-bond acceptors (Lipinski definition) is 1. The zero-order chi connectivity index (χ0) is 10.7. The summed E-state index contributed by atoms with van der Waals surface area (Å²) in [5, 5.41) is 0. The molecule has 1 unspecified atom stereocenters. The van der Waals surface area contributed by atoms with Gasteiger partial charge >= 0.3 is 0 Å². The molecule has 0 fully saturated rings. The van der Waals surface area contributed by atoms with E-state index in [1.54, 1.807) is 0 Å². The Kier molecular flexibility index (Phi) is 4.01. The van der Waals surface area contributed by atoms with Crippen molar-refractivity contribution in [2.45, 2.75) is 25.8 Å². The highest BCUT2D eigenvalue weighted by atomic mass is 79.9. The molecule has 1 nitrogen and oxygen atoms in total. The van der Waals surface area contributed by atoms with Crippen molar-refractivity contribution in [3.63, 3.8) is 0 Å². The third-order valence-corrected chi connectivity index (χ3v) is 2.73. The molecule has 0 heterocycles. The van der Waals surface area contributed by atoms with Crippen LogP contribution in [0.5, 0.6) is 0 Å². The van der Waals surface area contributed by atoms with Gasteiger partial charge in [-0.1, -0.05) is 15.9 Å². The van der Waals surface area contributed by atoms with Crippen molar-refractivity contribution in [3.05, 3.63) is 33.8 Å². The Bertz CT molecular complexity index is 326. The summed E-state index contributed by atoms with van der Waals surface area (Å²) in [6.07, 6.45) is 1.08. The fourth-order valence-corrected chi connectivity index (χ4v) is 1.67. The molecule has 0 spiro atoms. The third kappa shape index (κ3) is 2.75. The standard InChI is InChI=1S/C10H12BrF2N/c1-6(14)2-3-7-8(11)4-5-9(12)10(7)13/h4-6H,2-3,14H2,1H3. The van der Waals surface area contributed by atoms with E-state index in [0.717, 1.165) is 6.07 Å². The molecule has 2 N–H and O–H groups in total. The monoisotopic (exact) mass is 263 g/mol. The van der Waals surface area contributed by atoms with Crippen molar-refractivity contribution in [1.82, 2.24) is 0 Å². The Balaban J connectivity index is 2.89. The van der Waals surface area contributed by atoms with Gasteiger partial charge < -0.3 is 5.73 Å². The minimum atomic E-state index is -0.812. The molecule has 0 aliphatic heterocycles. The molecule has 0 aliphatic carbocycles. The fraction of sp³-hybridized carbons (Fsp3) is 0.400. The SMILES string of the molecule is CC(N)CCc1c(Br)ccc(F)c1F. The maximum Gasteiger partial charge on any atom is 0.163 e. The summed E-state index contributed by atoms with van der Waals surface area (Å²) in [7, 11) is 0. The van der Waals surface area contributed by atoms with Crippen LogP contribution >= 0.6 is 15.9 Å². The Hall–Kier alpha value is -0.480. The van der Waals surface area contributed by atoms with Crippen LogP contribution in [0.2, 0.25) is 0 Å². The lowest BCUT2D eigenvalue weighted by Gasteiger charge is -2.08. The lowest BCUT2D eigenvalue weighted by atomic mass is 10.1. The average Bonchev–Trinajstić information content (AvgIpc) is 2.11. The predicted octanol–water partition coefficient (Wildman–Crippen LogP) is 3.01. The van der Waals surface area contributed by atoms with Crippen molar-refractivity contribution in [2.75, 3.05) is 0 Å². The Morgan fingerprint density at radius 3 is 2.64 bits per heavy atom. The van der Waals surface area contributed by atoms with Gasteiger partial charge in [0.2, 0.25) is 0 Å². The summed E-state index contributed by atoms with van der Waals surface area (Å²) in [4.78, 5) is 0. The van der Waals surface area contributed by atoms with Crippen LogP contribution in [0.25, 0.3) is 0 Å². The maximum atomic E-state index is 13.3. The zero-order valence-corrected chi connectivity index (χ0v) is 9.44. The summed E-state index contributed by atoms with van der Waals surface area (Å²) >= 11 is 3.18. The number of hydrogen-bond donors (Lipinski definition) is 1. The van der Waals surface area contributed by atoms with Crippen LogP contribution in [0.4, 0.5) is 8.78 Å². The molecule has 0 aliphatic rings. The van der Waals surface area contributed by atoms with E-state index in [9.17, 15) is 8.78 Å². The van der Waals surface area contributed by atoms with Gasteiger partial charge in [-0.05, 0) is 31.9 Å². The number of benzene rings is 1. The number of halogens is 3. The van der Waals surface area contributed by atoms with Crippen LogP contribution in [0, 0.1) is 11.6 Å². The number of rotatable bonds is 3. The lowest BCUT2D eigenvalue weighted by Crippen LogP contribution is -2.16. The average molecular weight is 264 g/mol. The molecule has 1 aromatic carbocycles. The van der Waals surface area contributed by atoms with E-state index in [4.69, 9.17) is 5.73 Å². The van der Waals surface area contributed by atoms with Gasteiger partial charge in [0.1, 0.15) is 0 Å². The van der Waals surface area contributed by atoms with E-state index >= 15 is 0 Å². The third-order valence-electron chi connectivity index (χ3n) is 1.99. The minimum absolute atomic E-state index is 0.00966. The van der Waals surface area contributed by atoms with Gasteiger partial charge in [0.15, 0.2) is 11.6 Å². The molecule has 1 aromatic rings. The highest BCUT2D eigenvalue weighted by molar-refractivity contribution is 9.10. The molecule has 0 saturated heterocycles. The normalized spacial score (nSPS) is 12.9. The first-order chi connectivity index (χ1) is 6.52. The topological polar surface area (TPSA) is 26.0 Å². The number of nitrogens with two attached hydrogens (primary N) is 1. The molecule has 0 radical (unpaired) electrons. The molecular weight excluding hydrogens is 252 g/mol. The first-order valence-corrected chi connectivity index (χ1v) is 5.19. The van der Waals surface area contributed by atoms with Gasteiger partial charge in [-0.25, -0.2) is 8.78 Å². The molecule has 0 aromatic heterocycles. The molecule has 1 rings (SSSR count). The highest BCUT2D eigenvalue weighted by Gasteiger charge is 2.12. The Labute approximate surface area is 90.4 Å². The van der Waals surface area contributed by atoms with Crippen LogP contribution in [-0.2, 0) is 6.42 Å². The van der Waals surface area contributed by atoms with Crippen LogP contribution in [0.1, 0.15) is 18.9 Å². The molecule has 4 heteroatoms. The second-order valence-electron chi connectivity index (χ2n) is 3.34.